The number of rotatable bonds is 3. The van der Waals surface area contributed by atoms with Gasteiger partial charge in [-0.05, 0) is 64.7 Å². The third kappa shape index (κ3) is 2.64. The summed E-state index contributed by atoms with van der Waals surface area (Å²) < 4.78 is 3.78. The Labute approximate surface area is 146 Å². The van der Waals surface area contributed by atoms with Gasteiger partial charge in [-0.2, -0.15) is 5.26 Å². The summed E-state index contributed by atoms with van der Waals surface area (Å²) >= 11 is 6.99. The molecule has 2 heterocycles. The highest BCUT2D eigenvalue weighted by molar-refractivity contribution is 9.13. The van der Waals surface area contributed by atoms with Gasteiger partial charge in [-0.25, -0.2) is 4.98 Å². The zero-order valence-corrected chi connectivity index (χ0v) is 15.6. The Kier molecular flexibility index (Phi) is 4.44. The molecule has 2 N–H and O–H groups in total. The van der Waals surface area contributed by atoms with E-state index in [1.54, 1.807) is 0 Å². The van der Waals surface area contributed by atoms with Gasteiger partial charge < -0.3 is 15.2 Å². The predicted octanol–water partition coefficient (Wildman–Crippen LogP) is 3.79. The summed E-state index contributed by atoms with van der Waals surface area (Å²) in [5.74, 6) is 0.834. The maximum Gasteiger partial charge on any atom is 0.204 e. The van der Waals surface area contributed by atoms with Crippen LogP contribution in [0.4, 0.5) is 5.95 Å². The van der Waals surface area contributed by atoms with Crippen molar-refractivity contribution in [1.82, 2.24) is 14.9 Å². The van der Waals surface area contributed by atoms with Crippen LogP contribution in [0.1, 0.15) is 31.9 Å². The fourth-order valence-corrected chi connectivity index (χ4v) is 3.67. The Balaban J connectivity index is 2.19. The number of halogens is 2. The van der Waals surface area contributed by atoms with Crippen LogP contribution in [0.5, 0.6) is 0 Å². The summed E-state index contributed by atoms with van der Waals surface area (Å²) in [7, 11) is 0. The maximum atomic E-state index is 9.48. The quantitative estimate of drug-likeness (QED) is 0.783. The summed E-state index contributed by atoms with van der Waals surface area (Å²) in [5.41, 5.74) is 2.27. The number of nitrogens with zero attached hydrogens (tertiary/aromatic N) is 3. The molecule has 1 aliphatic heterocycles. The standard InChI is InChI=1S/C15H17Br2N5/c1-8(2)22-12-5-11(16)13(17)10(6-18)14(12)21-15(22)20-9-3-4-19-7-9/h5,8-9,19H,3-4,7H2,1-2H3,(H,20,21)/t9-/m0/s1. The van der Waals surface area contributed by atoms with Crippen molar-refractivity contribution in [3.8, 4) is 6.07 Å². The highest BCUT2D eigenvalue weighted by Crippen LogP contribution is 2.36. The molecule has 116 valence electrons. The molecule has 1 saturated heterocycles. The van der Waals surface area contributed by atoms with Crippen LogP contribution in [-0.4, -0.2) is 28.7 Å². The molecular weight excluding hydrogens is 410 g/mol. The molecule has 1 aliphatic rings. The smallest absolute Gasteiger partial charge is 0.204 e. The Morgan fingerprint density at radius 3 is 2.86 bits per heavy atom. The minimum atomic E-state index is 0.251. The van der Waals surface area contributed by atoms with Crippen molar-refractivity contribution in [2.45, 2.75) is 32.4 Å². The van der Waals surface area contributed by atoms with Crippen LogP contribution < -0.4 is 10.6 Å². The summed E-state index contributed by atoms with van der Waals surface area (Å²) in [6, 6.07) is 4.91. The molecule has 0 amide bonds. The maximum absolute atomic E-state index is 9.48. The van der Waals surface area contributed by atoms with Crippen molar-refractivity contribution in [2.24, 2.45) is 0 Å². The minimum absolute atomic E-state index is 0.251. The van der Waals surface area contributed by atoms with Gasteiger partial charge in [0.1, 0.15) is 11.6 Å². The first-order valence-electron chi connectivity index (χ1n) is 7.30. The second-order valence-electron chi connectivity index (χ2n) is 5.76. The van der Waals surface area contributed by atoms with E-state index in [0.29, 0.717) is 11.6 Å². The van der Waals surface area contributed by atoms with Crippen LogP contribution in [-0.2, 0) is 0 Å². The number of anilines is 1. The van der Waals surface area contributed by atoms with Crippen molar-refractivity contribution in [2.75, 3.05) is 18.4 Å². The number of fused-ring (bicyclic) bond motifs is 1. The van der Waals surface area contributed by atoms with Crippen LogP contribution in [0.25, 0.3) is 11.0 Å². The Hall–Kier alpha value is -1.10. The molecule has 0 bridgehead atoms. The second kappa shape index (κ2) is 6.19. The Bertz CT molecular complexity index is 754. The van der Waals surface area contributed by atoms with Crippen molar-refractivity contribution in [3.63, 3.8) is 0 Å². The molecule has 0 unspecified atom stereocenters. The van der Waals surface area contributed by atoms with E-state index in [4.69, 9.17) is 4.98 Å². The van der Waals surface area contributed by atoms with Gasteiger partial charge in [0.05, 0.1) is 15.6 Å². The lowest BCUT2D eigenvalue weighted by Crippen LogP contribution is -2.24. The zero-order chi connectivity index (χ0) is 15.9. The molecule has 0 aliphatic carbocycles. The highest BCUT2D eigenvalue weighted by Gasteiger charge is 2.22. The molecule has 7 heteroatoms. The van der Waals surface area contributed by atoms with Crippen LogP contribution in [0.15, 0.2) is 15.0 Å². The molecule has 1 aromatic heterocycles. The van der Waals surface area contributed by atoms with Gasteiger partial charge in [0.25, 0.3) is 0 Å². The third-order valence-corrected chi connectivity index (χ3v) is 5.88. The van der Waals surface area contributed by atoms with Gasteiger partial charge in [0, 0.05) is 23.1 Å². The van der Waals surface area contributed by atoms with Crippen LogP contribution in [0, 0.1) is 11.3 Å². The molecule has 22 heavy (non-hydrogen) atoms. The lowest BCUT2D eigenvalue weighted by Gasteiger charge is -2.17. The van der Waals surface area contributed by atoms with Crippen molar-refractivity contribution < 1.29 is 0 Å². The van der Waals surface area contributed by atoms with E-state index in [2.05, 4.69) is 67.0 Å². The molecule has 2 aromatic rings. The Morgan fingerprint density at radius 1 is 1.50 bits per heavy atom. The summed E-state index contributed by atoms with van der Waals surface area (Å²) in [5, 5.41) is 16.4. The second-order valence-corrected chi connectivity index (χ2v) is 7.41. The number of hydrogen-bond donors (Lipinski definition) is 2. The summed E-state index contributed by atoms with van der Waals surface area (Å²) in [4.78, 5) is 4.72. The van der Waals surface area contributed by atoms with Crippen molar-refractivity contribution in [3.05, 3.63) is 20.6 Å². The topological polar surface area (TPSA) is 65.7 Å². The van der Waals surface area contributed by atoms with E-state index < -0.39 is 0 Å². The van der Waals surface area contributed by atoms with Gasteiger partial charge in [0.15, 0.2) is 0 Å². The lowest BCUT2D eigenvalue weighted by molar-refractivity contribution is 0.615. The largest absolute Gasteiger partial charge is 0.352 e. The molecule has 5 nitrogen and oxygen atoms in total. The number of nitriles is 1. The van der Waals surface area contributed by atoms with E-state index in [-0.39, 0.29) is 6.04 Å². The van der Waals surface area contributed by atoms with E-state index in [1.165, 1.54) is 0 Å². The fourth-order valence-electron chi connectivity index (χ4n) is 2.86. The highest BCUT2D eigenvalue weighted by atomic mass is 79.9. The van der Waals surface area contributed by atoms with E-state index >= 15 is 0 Å². The molecule has 1 fully saturated rings. The van der Waals surface area contributed by atoms with Gasteiger partial charge in [0.2, 0.25) is 5.95 Å². The van der Waals surface area contributed by atoms with Crippen molar-refractivity contribution >= 4 is 48.8 Å². The number of imidazole rings is 1. The zero-order valence-electron chi connectivity index (χ0n) is 12.5. The molecule has 0 radical (unpaired) electrons. The number of benzene rings is 1. The van der Waals surface area contributed by atoms with Gasteiger partial charge in [-0.3, -0.25) is 0 Å². The number of aromatic nitrogens is 2. The third-order valence-electron chi connectivity index (χ3n) is 3.90. The first-order chi connectivity index (χ1) is 10.5. The van der Waals surface area contributed by atoms with E-state index in [9.17, 15) is 5.26 Å². The van der Waals surface area contributed by atoms with Crippen LogP contribution >= 0.6 is 31.9 Å². The number of hydrogen-bond acceptors (Lipinski definition) is 4. The minimum Gasteiger partial charge on any atom is -0.352 e. The number of nitrogens with one attached hydrogen (secondary N) is 2. The first-order valence-corrected chi connectivity index (χ1v) is 8.88. The summed E-state index contributed by atoms with van der Waals surface area (Å²) in [6.07, 6.45) is 1.08. The fraction of sp³-hybridized carbons (Fsp3) is 0.467. The average molecular weight is 427 g/mol. The molecule has 0 saturated carbocycles. The predicted molar refractivity (Wildman–Crippen MR) is 95.1 cm³/mol. The molecule has 1 aromatic carbocycles. The van der Waals surface area contributed by atoms with Crippen molar-refractivity contribution in [1.29, 1.82) is 5.26 Å². The molecular formula is C15H17Br2N5. The van der Waals surface area contributed by atoms with Gasteiger partial charge in [-0.15, -0.1) is 0 Å². The average Bonchev–Trinajstić information content (AvgIpc) is 3.08. The SMILES string of the molecule is CC(C)n1c(N[C@H]2CCNC2)nc2c(C#N)c(Br)c(Br)cc21. The lowest BCUT2D eigenvalue weighted by atomic mass is 10.2. The molecule has 0 spiro atoms. The molecule has 3 rings (SSSR count). The van der Waals surface area contributed by atoms with Crippen LogP contribution in [0.3, 0.4) is 0 Å². The normalized spacial score (nSPS) is 18.1. The van der Waals surface area contributed by atoms with Crippen LogP contribution in [0.2, 0.25) is 0 Å². The van der Waals surface area contributed by atoms with Gasteiger partial charge in [-0.1, -0.05) is 0 Å². The van der Waals surface area contributed by atoms with Gasteiger partial charge >= 0.3 is 0 Å². The first kappa shape index (κ1) is 15.8. The monoisotopic (exact) mass is 425 g/mol. The molecule has 1 atom stereocenters. The Morgan fingerprint density at radius 2 is 2.27 bits per heavy atom. The van der Waals surface area contributed by atoms with E-state index in [1.807, 2.05) is 6.07 Å². The van der Waals surface area contributed by atoms with E-state index in [0.717, 1.165) is 45.4 Å². The summed E-state index contributed by atoms with van der Waals surface area (Å²) in [6.45, 7) is 6.22.